The van der Waals surface area contributed by atoms with Crippen molar-refractivity contribution in [2.24, 2.45) is 40.4 Å². The SMILES string of the molecule is C=C(C)CCC[C@@H](C)[C@H]1CC[C@H]2[C@@H]3CC=C4C[C@@H](O)CC[C@]4(C)[C@H]3CC[C@]12C. The molecule has 4 aliphatic rings. The minimum Gasteiger partial charge on any atom is -0.393 e. The fourth-order valence-corrected chi connectivity index (χ4v) is 8.54. The van der Waals surface area contributed by atoms with Crippen molar-refractivity contribution < 1.29 is 5.11 Å². The maximum atomic E-state index is 10.2. The summed E-state index contributed by atoms with van der Waals surface area (Å²) in [7, 11) is 0. The van der Waals surface area contributed by atoms with Crippen LogP contribution in [-0.4, -0.2) is 11.2 Å². The van der Waals surface area contributed by atoms with E-state index in [-0.39, 0.29) is 6.10 Å². The lowest BCUT2D eigenvalue weighted by Crippen LogP contribution is -2.50. The summed E-state index contributed by atoms with van der Waals surface area (Å²) in [6.45, 7) is 14.0. The van der Waals surface area contributed by atoms with E-state index in [1.165, 1.54) is 63.4 Å². The van der Waals surface area contributed by atoms with Gasteiger partial charge in [0.15, 0.2) is 0 Å². The predicted octanol–water partition coefficient (Wildman–Crippen LogP) is 7.31. The van der Waals surface area contributed by atoms with Gasteiger partial charge in [0.25, 0.3) is 0 Å². The van der Waals surface area contributed by atoms with Gasteiger partial charge >= 0.3 is 0 Å². The number of rotatable bonds is 5. The number of aliphatic hydroxyl groups is 1. The van der Waals surface area contributed by atoms with Gasteiger partial charge in [-0.05, 0) is 112 Å². The van der Waals surface area contributed by atoms with Crippen LogP contribution in [0.3, 0.4) is 0 Å². The molecule has 4 aliphatic carbocycles. The highest BCUT2D eigenvalue weighted by Gasteiger charge is 2.59. The molecule has 8 atom stereocenters. The van der Waals surface area contributed by atoms with Crippen molar-refractivity contribution in [1.82, 2.24) is 0 Å². The zero-order valence-electron chi connectivity index (χ0n) is 19.0. The molecule has 0 bridgehead atoms. The number of fused-ring (bicyclic) bond motifs is 5. The van der Waals surface area contributed by atoms with E-state index in [1.54, 1.807) is 5.57 Å². The summed E-state index contributed by atoms with van der Waals surface area (Å²) in [6, 6.07) is 0. The molecule has 0 amide bonds. The number of aliphatic hydroxyl groups excluding tert-OH is 1. The molecule has 158 valence electrons. The quantitative estimate of drug-likeness (QED) is 0.493. The van der Waals surface area contributed by atoms with E-state index in [2.05, 4.69) is 40.3 Å². The van der Waals surface area contributed by atoms with Crippen LogP contribution in [0, 0.1) is 40.4 Å². The normalized spacial score (nSPS) is 46.2. The molecule has 0 radical (unpaired) electrons. The summed E-state index contributed by atoms with van der Waals surface area (Å²) in [6.07, 6.45) is 16.7. The lowest BCUT2D eigenvalue weighted by molar-refractivity contribution is -0.0572. The highest BCUT2D eigenvalue weighted by Crippen LogP contribution is 2.67. The van der Waals surface area contributed by atoms with Gasteiger partial charge in [0.05, 0.1) is 6.10 Å². The van der Waals surface area contributed by atoms with Gasteiger partial charge in [-0.15, -0.1) is 6.58 Å². The standard InChI is InChI=1S/C27H44O/c1-18(2)7-6-8-19(3)23-11-12-24-22-10-9-20-17-21(28)13-15-26(20,4)25(22)14-16-27(23,24)5/h9,19,21-25,28H,1,6-8,10-17H2,2-5H3/t19-,21+,22+,23-,24+,25+,26+,27-/m1/s1. The lowest BCUT2D eigenvalue weighted by Gasteiger charge is -2.58. The first-order valence-electron chi connectivity index (χ1n) is 12.3. The topological polar surface area (TPSA) is 20.2 Å². The van der Waals surface area contributed by atoms with Gasteiger partial charge in [-0.1, -0.05) is 44.4 Å². The van der Waals surface area contributed by atoms with Crippen LogP contribution in [-0.2, 0) is 0 Å². The van der Waals surface area contributed by atoms with Gasteiger partial charge in [-0.25, -0.2) is 0 Å². The van der Waals surface area contributed by atoms with Crippen LogP contribution in [0.2, 0.25) is 0 Å². The maximum Gasteiger partial charge on any atom is 0.0577 e. The van der Waals surface area contributed by atoms with E-state index in [9.17, 15) is 5.11 Å². The van der Waals surface area contributed by atoms with Crippen LogP contribution in [0.25, 0.3) is 0 Å². The molecule has 1 nitrogen and oxygen atoms in total. The fraction of sp³-hybridized carbons (Fsp3) is 0.852. The number of hydrogen-bond donors (Lipinski definition) is 1. The first kappa shape index (κ1) is 20.7. The molecule has 0 aromatic carbocycles. The molecule has 3 fully saturated rings. The summed E-state index contributed by atoms with van der Waals surface area (Å²) in [5, 5.41) is 10.2. The van der Waals surface area contributed by atoms with Crippen molar-refractivity contribution in [2.45, 2.75) is 104 Å². The zero-order chi connectivity index (χ0) is 20.1. The van der Waals surface area contributed by atoms with Gasteiger partial charge in [0, 0.05) is 0 Å². The number of hydrogen-bond acceptors (Lipinski definition) is 1. The zero-order valence-corrected chi connectivity index (χ0v) is 19.0. The lowest BCUT2D eigenvalue weighted by atomic mass is 9.47. The van der Waals surface area contributed by atoms with Gasteiger partial charge < -0.3 is 5.11 Å². The van der Waals surface area contributed by atoms with Crippen LogP contribution in [0.5, 0.6) is 0 Å². The van der Waals surface area contributed by atoms with Crippen molar-refractivity contribution in [3.8, 4) is 0 Å². The Balaban J connectivity index is 1.50. The molecule has 0 unspecified atom stereocenters. The molecule has 0 spiro atoms. The summed E-state index contributed by atoms with van der Waals surface area (Å²) in [4.78, 5) is 0. The summed E-state index contributed by atoms with van der Waals surface area (Å²) < 4.78 is 0. The molecule has 0 aliphatic heterocycles. The summed E-state index contributed by atoms with van der Waals surface area (Å²) in [5.41, 5.74) is 3.91. The minimum atomic E-state index is -0.0827. The molecule has 1 N–H and O–H groups in total. The third-order valence-electron chi connectivity index (χ3n) is 10.1. The molecule has 0 heterocycles. The Morgan fingerprint density at radius 1 is 1.18 bits per heavy atom. The van der Waals surface area contributed by atoms with Crippen molar-refractivity contribution in [3.05, 3.63) is 23.8 Å². The first-order valence-corrected chi connectivity index (χ1v) is 12.3. The van der Waals surface area contributed by atoms with Crippen molar-refractivity contribution in [3.63, 3.8) is 0 Å². The molecule has 0 aromatic rings. The molecular weight excluding hydrogens is 340 g/mol. The Morgan fingerprint density at radius 3 is 2.71 bits per heavy atom. The van der Waals surface area contributed by atoms with Gasteiger partial charge in [0.1, 0.15) is 0 Å². The van der Waals surface area contributed by atoms with E-state index in [0.29, 0.717) is 10.8 Å². The Bertz CT molecular complexity index is 632. The molecule has 0 aromatic heterocycles. The molecular formula is C27H44O. The summed E-state index contributed by atoms with van der Waals surface area (Å²) >= 11 is 0. The smallest absolute Gasteiger partial charge is 0.0577 e. The Labute approximate surface area is 174 Å². The molecule has 4 rings (SSSR count). The van der Waals surface area contributed by atoms with Crippen LogP contribution in [0.1, 0.15) is 98.3 Å². The second kappa shape index (κ2) is 7.60. The Hall–Kier alpha value is -0.560. The molecule has 3 saturated carbocycles. The Kier molecular flexibility index (Phi) is 5.62. The monoisotopic (exact) mass is 384 g/mol. The third kappa shape index (κ3) is 3.34. The van der Waals surface area contributed by atoms with Crippen molar-refractivity contribution in [1.29, 1.82) is 0 Å². The van der Waals surface area contributed by atoms with Crippen molar-refractivity contribution in [2.75, 3.05) is 0 Å². The largest absolute Gasteiger partial charge is 0.393 e. The van der Waals surface area contributed by atoms with Gasteiger partial charge in [-0.3, -0.25) is 0 Å². The summed E-state index contributed by atoms with van der Waals surface area (Å²) in [5.74, 6) is 4.49. The average molecular weight is 385 g/mol. The molecule has 28 heavy (non-hydrogen) atoms. The number of allylic oxidation sites excluding steroid dienone is 2. The second-order valence-electron chi connectivity index (χ2n) is 11.7. The second-order valence-corrected chi connectivity index (χ2v) is 11.7. The average Bonchev–Trinajstić information content (AvgIpc) is 2.99. The van der Waals surface area contributed by atoms with E-state index in [4.69, 9.17) is 0 Å². The predicted molar refractivity (Wildman–Crippen MR) is 119 cm³/mol. The fourth-order valence-electron chi connectivity index (χ4n) is 8.54. The molecule has 1 heteroatoms. The minimum absolute atomic E-state index is 0.0827. The van der Waals surface area contributed by atoms with Gasteiger partial charge in [-0.2, -0.15) is 0 Å². The van der Waals surface area contributed by atoms with E-state index < -0.39 is 0 Å². The first-order chi connectivity index (χ1) is 13.3. The van der Waals surface area contributed by atoms with E-state index in [0.717, 1.165) is 42.4 Å². The van der Waals surface area contributed by atoms with Gasteiger partial charge in [0.2, 0.25) is 0 Å². The van der Waals surface area contributed by atoms with E-state index >= 15 is 0 Å². The van der Waals surface area contributed by atoms with E-state index in [1.807, 2.05) is 0 Å². The van der Waals surface area contributed by atoms with Crippen LogP contribution in [0.15, 0.2) is 23.8 Å². The Morgan fingerprint density at radius 2 is 1.96 bits per heavy atom. The van der Waals surface area contributed by atoms with Crippen LogP contribution < -0.4 is 0 Å². The highest BCUT2D eigenvalue weighted by atomic mass is 16.3. The van der Waals surface area contributed by atoms with Crippen molar-refractivity contribution >= 4 is 0 Å². The maximum absolute atomic E-state index is 10.2. The highest BCUT2D eigenvalue weighted by molar-refractivity contribution is 5.25. The van der Waals surface area contributed by atoms with Crippen LogP contribution >= 0.6 is 0 Å². The third-order valence-corrected chi connectivity index (χ3v) is 10.1. The molecule has 0 saturated heterocycles. The van der Waals surface area contributed by atoms with Crippen LogP contribution in [0.4, 0.5) is 0 Å².